The third-order valence-electron chi connectivity index (χ3n) is 2.90. The van der Waals surface area contributed by atoms with Gasteiger partial charge in [-0.1, -0.05) is 60.1 Å². The van der Waals surface area contributed by atoms with Crippen molar-refractivity contribution in [2.45, 2.75) is 25.2 Å². The van der Waals surface area contributed by atoms with Crippen LogP contribution in [-0.4, -0.2) is 35.3 Å². The largest absolute Gasteiger partial charge is 0.468 e. The Balaban J connectivity index is 2.85. The number of esters is 1. The number of carbonyl (C=O) groups is 2. The molecule has 0 saturated heterocycles. The highest BCUT2D eigenvalue weighted by Crippen LogP contribution is 2.17. The minimum Gasteiger partial charge on any atom is -0.468 e. The third kappa shape index (κ3) is 4.96. The molecule has 1 rings (SSSR count). The van der Waals surface area contributed by atoms with Gasteiger partial charge in [-0.3, -0.25) is 9.59 Å². The van der Waals surface area contributed by atoms with Crippen molar-refractivity contribution in [3.8, 4) is 0 Å². The summed E-state index contributed by atoms with van der Waals surface area (Å²) in [6, 6.07) is 9.58. The van der Waals surface area contributed by atoms with Crippen molar-refractivity contribution in [1.82, 2.24) is 4.90 Å². The van der Waals surface area contributed by atoms with Gasteiger partial charge < -0.3 is 9.64 Å². The maximum Gasteiger partial charge on any atom is 0.325 e. The number of ether oxygens (including phenoxy) is 1. The summed E-state index contributed by atoms with van der Waals surface area (Å²) in [5.41, 5.74) is 0.980. The van der Waals surface area contributed by atoms with Crippen LogP contribution in [0.4, 0.5) is 0 Å². The average molecular weight is 342 g/mol. The van der Waals surface area contributed by atoms with Gasteiger partial charge in [0.25, 0.3) is 0 Å². The Labute approximate surface area is 128 Å². The minimum absolute atomic E-state index is 0.0426. The number of methoxy groups -OCH3 is 1. The summed E-state index contributed by atoms with van der Waals surface area (Å²) in [4.78, 5) is 25.1. The zero-order valence-electron chi connectivity index (χ0n) is 12.0. The molecule has 0 spiro atoms. The molecule has 1 aromatic rings. The molecule has 0 N–H and O–H groups in total. The Morgan fingerprint density at radius 3 is 2.35 bits per heavy atom. The summed E-state index contributed by atoms with van der Waals surface area (Å²) in [5, 5.41) is 0. The van der Waals surface area contributed by atoms with Crippen molar-refractivity contribution in [2.24, 2.45) is 5.92 Å². The smallest absolute Gasteiger partial charge is 0.325 e. The molecule has 1 atom stereocenters. The van der Waals surface area contributed by atoms with Crippen LogP contribution < -0.4 is 0 Å². The van der Waals surface area contributed by atoms with Gasteiger partial charge in [-0.2, -0.15) is 0 Å². The van der Waals surface area contributed by atoms with Crippen LogP contribution >= 0.6 is 15.9 Å². The molecule has 0 aromatic heterocycles. The third-order valence-corrected chi connectivity index (χ3v) is 4.35. The van der Waals surface area contributed by atoms with Crippen molar-refractivity contribution in [3.05, 3.63) is 35.9 Å². The highest BCUT2D eigenvalue weighted by molar-refractivity contribution is 9.10. The van der Waals surface area contributed by atoms with Gasteiger partial charge in [0.1, 0.15) is 6.54 Å². The standard InChI is InChI=1S/C15H20BrNO3/c1-11(2)14(16)15(19)17(10-13(18)20-3)9-12-7-5-4-6-8-12/h4-8,11,14H,9-10H2,1-3H3. The number of nitrogens with zero attached hydrogens (tertiary/aromatic N) is 1. The first-order chi connectivity index (χ1) is 9.45. The van der Waals surface area contributed by atoms with E-state index in [0.717, 1.165) is 5.56 Å². The fourth-order valence-corrected chi connectivity index (χ4v) is 1.99. The lowest BCUT2D eigenvalue weighted by molar-refractivity contribution is -0.147. The zero-order valence-corrected chi connectivity index (χ0v) is 13.6. The quantitative estimate of drug-likeness (QED) is 0.590. The number of carbonyl (C=O) groups excluding carboxylic acids is 2. The molecule has 1 unspecified atom stereocenters. The van der Waals surface area contributed by atoms with Crippen LogP contribution in [-0.2, 0) is 20.9 Å². The van der Waals surface area contributed by atoms with E-state index in [4.69, 9.17) is 0 Å². The normalized spacial score (nSPS) is 12.1. The number of benzene rings is 1. The lowest BCUT2D eigenvalue weighted by Crippen LogP contribution is -2.41. The molecule has 5 heteroatoms. The van der Waals surface area contributed by atoms with Gasteiger partial charge in [-0.15, -0.1) is 0 Å². The predicted molar refractivity (Wildman–Crippen MR) is 81.4 cm³/mol. The summed E-state index contributed by atoms with van der Waals surface area (Å²) in [7, 11) is 1.32. The highest BCUT2D eigenvalue weighted by atomic mass is 79.9. The molecule has 0 aliphatic heterocycles. The minimum atomic E-state index is -0.419. The molecule has 0 fully saturated rings. The maximum absolute atomic E-state index is 12.4. The molecule has 0 bridgehead atoms. The van der Waals surface area contributed by atoms with Crippen LogP contribution in [0.2, 0.25) is 0 Å². The molecule has 0 radical (unpaired) electrons. The van der Waals surface area contributed by atoms with E-state index in [9.17, 15) is 9.59 Å². The topological polar surface area (TPSA) is 46.6 Å². The van der Waals surface area contributed by atoms with E-state index in [-0.39, 0.29) is 23.2 Å². The van der Waals surface area contributed by atoms with Crippen LogP contribution in [0.15, 0.2) is 30.3 Å². The fraction of sp³-hybridized carbons (Fsp3) is 0.467. The molecule has 4 nitrogen and oxygen atoms in total. The molecule has 0 aliphatic rings. The van der Waals surface area contributed by atoms with E-state index < -0.39 is 5.97 Å². The SMILES string of the molecule is COC(=O)CN(Cc1ccccc1)C(=O)C(Br)C(C)C. The first-order valence-electron chi connectivity index (χ1n) is 6.49. The van der Waals surface area contributed by atoms with Crippen molar-refractivity contribution in [1.29, 1.82) is 0 Å². The molecule has 0 aliphatic carbocycles. The lowest BCUT2D eigenvalue weighted by atomic mass is 10.1. The average Bonchev–Trinajstić information content (AvgIpc) is 2.45. The van der Waals surface area contributed by atoms with Gasteiger partial charge in [-0.25, -0.2) is 0 Å². The van der Waals surface area contributed by atoms with E-state index in [0.29, 0.717) is 6.54 Å². The predicted octanol–water partition coefficient (Wildman–Crippen LogP) is 2.61. The van der Waals surface area contributed by atoms with Crippen LogP contribution in [0.1, 0.15) is 19.4 Å². The molecule has 0 heterocycles. The van der Waals surface area contributed by atoms with E-state index in [1.807, 2.05) is 44.2 Å². The highest BCUT2D eigenvalue weighted by Gasteiger charge is 2.26. The van der Waals surface area contributed by atoms with E-state index in [1.54, 1.807) is 0 Å². The Morgan fingerprint density at radius 1 is 1.25 bits per heavy atom. The number of hydrogen-bond acceptors (Lipinski definition) is 3. The van der Waals surface area contributed by atoms with Gasteiger partial charge in [0.2, 0.25) is 5.91 Å². The second-order valence-corrected chi connectivity index (χ2v) is 5.89. The first-order valence-corrected chi connectivity index (χ1v) is 7.41. The van der Waals surface area contributed by atoms with Crippen LogP contribution in [0.25, 0.3) is 0 Å². The Bertz CT molecular complexity index is 448. The lowest BCUT2D eigenvalue weighted by Gasteiger charge is -2.25. The number of amides is 1. The summed E-state index contributed by atoms with van der Waals surface area (Å²) >= 11 is 3.39. The first kappa shape index (κ1) is 16.7. The van der Waals surface area contributed by atoms with Crippen molar-refractivity contribution < 1.29 is 14.3 Å². The molecule has 1 aromatic carbocycles. The van der Waals surface area contributed by atoms with Crippen LogP contribution in [0.5, 0.6) is 0 Å². The molecule has 1 amide bonds. The Kier molecular flexibility index (Phi) is 6.71. The van der Waals surface area contributed by atoms with Gasteiger partial charge in [0.15, 0.2) is 0 Å². The number of hydrogen-bond donors (Lipinski definition) is 0. The second-order valence-electron chi connectivity index (χ2n) is 4.90. The molecule has 0 saturated carbocycles. The van der Waals surface area contributed by atoms with E-state index >= 15 is 0 Å². The summed E-state index contributed by atoms with van der Waals surface area (Å²) in [6.07, 6.45) is 0. The maximum atomic E-state index is 12.4. The van der Waals surface area contributed by atoms with Gasteiger partial charge in [0.05, 0.1) is 11.9 Å². The molecule has 20 heavy (non-hydrogen) atoms. The summed E-state index contributed by atoms with van der Waals surface area (Å²) < 4.78 is 4.66. The van der Waals surface area contributed by atoms with Crippen LogP contribution in [0.3, 0.4) is 0 Å². The number of halogens is 1. The van der Waals surface area contributed by atoms with Gasteiger partial charge >= 0.3 is 5.97 Å². The Morgan fingerprint density at radius 2 is 1.85 bits per heavy atom. The van der Waals surface area contributed by atoms with E-state index in [2.05, 4.69) is 20.7 Å². The van der Waals surface area contributed by atoms with Crippen molar-refractivity contribution >= 4 is 27.8 Å². The monoisotopic (exact) mass is 341 g/mol. The van der Waals surface area contributed by atoms with Crippen molar-refractivity contribution in [3.63, 3.8) is 0 Å². The fourth-order valence-electron chi connectivity index (χ4n) is 1.70. The summed E-state index contributed by atoms with van der Waals surface area (Å²) in [6.45, 7) is 4.26. The number of alkyl halides is 1. The second kappa shape index (κ2) is 8.04. The van der Waals surface area contributed by atoms with Gasteiger partial charge in [-0.05, 0) is 11.5 Å². The van der Waals surface area contributed by atoms with Gasteiger partial charge in [0, 0.05) is 6.54 Å². The van der Waals surface area contributed by atoms with E-state index in [1.165, 1.54) is 12.0 Å². The zero-order chi connectivity index (χ0) is 15.1. The number of rotatable bonds is 6. The molecular formula is C15H20BrNO3. The molecule has 110 valence electrons. The van der Waals surface area contributed by atoms with Crippen molar-refractivity contribution in [2.75, 3.05) is 13.7 Å². The summed E-state index contributed by atoms with van der Waals surface area (Å²) in [5.74, 6) is -0.370. The van der Waals surface area contributed by atoms with Crippen LogP contribution in [0, 0.1) is 5.92 Å². The Hall–Kier alpha value is -1.36. The molecular weight excluding hydrogens is 322 g/mol.